The van der Waals surface area contributed by atoms with Crippen LogP contribution in [-0.2, 0) is 7.05 Å². The Balaban J connectivity index is 1.84. The molecule has 26 heavy (non-hydrogen) atoms. The fourth-order valence-electron chi connectivity index (χ4n) is 2.89. The smallest absolute Gasteiger partial charge is 0.227 e. The van der Waals surface area contributed by atoms with Crippen molar-refractivity contribution in [3.05, 3.63) is 41.7 Å². The molecule has 0 saturated carbocycles. The van der Waals surface area contributed by atoms with Crippen molar-refractivity contribution in [2.75, 3.05) is 12.4 Å². The third-order valence-corrected chi connectivity index (χ3v) is 5.05. The van der Waals surface area contributed by atoms with Crippen LogP contribution < -0.4 is 10.1 Å². The Hall–Kier alpha value is -3.13. The Labute approximate surface area is 153 Å². The van der Waals surface area contributed by atoms with E-state index in [4.69, 9.17) is 9.72 Å². The number of phenolic OH excluding ortho intramolecular Hbond substituents is 1. The molecule has 1 aromatic carbocycles. The van der Waals surface area contributed by atoms with Crippen LogP contribution in [0.5, 0.6) is 11.5 Å². The van der Waals surface area contributed by atoms with Crippen LogP contribution in [0.1, 0.15) is 4.88 Å². The fourth-order valence-corrected chi connectivity index (χ4v) is 3.87. The average Bonchev–Trinajstić information content (AvgIpc) is 3.17. The monoisotopic (exact) mass is 367 g/mol. The second-order valence-electron chi connectivity index (χ2n) is 5.85. The number of methoxy groups -OCH3 is 1. The number of anilines is 2. The van der Waals surface area contributed by atoms with E-state index in [1.807, 2.05) is 32.4 Å². The highest BCUT2D eigenvalue weighted by molar-refractivity contribution is 7.19. The lowest BCUT2D eigenvalue weighted by molar-refractivity contribution is 0.409. The van der Waals surface area contributed by atoms with Gasteiger partial charge in [0.05, 0.1) is 35.4 Å². The fraction of sp³-hybridized carbons (Fsp3) is 0.167. The normalized spacial score (nSPS) is 11.0. The highest BCUT2D eigenvalue weighted by Gasteiger charge is 2.18. The molecule has 3 heterocycles. The lowest BCUT2D eigenvalue weighted by Crippen LogP contribution is -1.96. The summed E-state index contributed by atoms with van der Waals surface area (Å²) in [4.78, 5) is 10.2. The van der Waals surface area contributed by atoms with Gasteiger partial charge >= 0.3 is 0 Å². The van der Waals surface area contributed by atoms with Gasteiger partial charge in [0, 0.05) is 35.3 Å². The summed E-state index contributed by atoms with van der Waals surface area (Å²) in [6.07, 6.45) is 5.39. The molecule has 2 N–H and O–H groups in total. The number of benzene rings is 1. The van der Waals surface area contributed by atoms with Crippen LogP contribution in [-0.4, -0.2) is 32.0 Å². The molecule has 4 aromatic rings. The van der Waals surface area contributed by atoms with Gasteiger partial charge in [-0.1, -0.05) is 0 Å². The summed E-state index contributed by atoms with van der Waals surface area (Å²) >= 11 is 1.63. The average molecular weight is 367 g/mol. The Kier molecular flexibility index (Phi) is 3.96. The van der Waals surface area contributed by atoms with Crippen molar-refractivity contribution in [3.63, 3.8) is 0 Å². The van der Waals surface area contributed by atoms with Gasteiger partial charge in [0.1, 0.15) is 11.5 Å². The minimum absolute atomic E-state index is 0.163. The van der Waals surface area contributed by atoms with Gasteiger partial charge in [-0.3, -0.25) is 4.68 Å². The number of fused-ring (bicyclic) bond motifs is 1. The molecule has 3 aromatic heterocycles. The quantitative estimate of drug-likeness (QED) is 0.570. The third kappa shape index (κ3) is 2.84. The molecule has 0 saturated heterocycles. The summed E-state index contributed by atoms with van der Waals surface area (Å²) in [5.41, 5.74) is 3.54. The van der Waals surface area contributed by atoms with E-state index in [1.165, 1.54) is 0 Å². The molecule has 132 valence electrons. The lowest BCUT2D eigenvalue weighted by atomic mass is 10.0. The molecule has 7 nitrogen and oxygen atoms in total. The number of aryl methyl sites for hydroxylation is 2. The predicted octanol–water partition coefficient (Wildman–Crippen LogP) is 3.86. The maximum absolute atomic E-state index is 9.74. The van der Waals surface area contributed by atoms with Crippen LogP contribution in [0.25, 0.3) is 21.3 Å². The number of rotatable bonds is 4. The molecule has 0 unspecified atom stereocenters. The lowest BCUT2D eigenvalue weighted by Gasteiger charge is -2.09. The summed E-state index contributed by atoms with van der Waals surface area (Å²) in [6, 6.07) is 5.10. The molecule has 0 amide bonds. The molecule has 0 radical (unpaired) electrons. The second-order valence-corrected chi connectivity index (χ2v) is 7.11. The maximum Gasteiger partial charge on any atom is 0.227 e. The first kappa shape index (κ1) is 16.3. The van der Waals surface area contributed by atoms with Gasteiger partial charge in [-0.05, 0) is 19.1 Å². The number of aromatic nitrogens is 4. The Morgan fingerprint density at radius 1 is 1.27 bits per heavy atom. The van der Waals surface area contributed by atoms with E-state index in [9.17, 15) is 5.11 Å². The first-order valence-corrected chi connectivity index (χ1v) is 8.76. The maximum atomic E-state index is 9.74. The van der Waals surface area contributed by atoms with Crippen LogP contribution in [0.4, 0.5) is 11.6 Å². The van der Waals surface area contributed by atoms with Gasteiger partial charge in [-0.2, -0.15) is 5.10 Å². The summed E-state index contributed by atoms with van der Waals surface area (Å²) < 4.78 is 8.16. The van der Waals surface area contributed by atoms with E-state index < -0.39 is 0 Å². The number of hydrogen-bond donors (Lipinski definition) is 2. The highest BCUT2D eigenvalue weighted by Crippen LogP contribution is 2.42. The number of ether oxygens (including phenoxy) is 1. The zero-order chi connectivity index (χ0) is 18.3. The molecule has 0 spiro atoms. The number of nitrogens with one attached hydrogen (secondary N) is 1. The van der Waals surface area contributed by atoms with Crippen LogP contribution in [0.15, 0.2) is 36.8 Å². The van der Waals surface area contributed by atoms with Crippen molar-refractivity contribution in [2.24, 2.45) is 7.05 Å². The number of nitrogens with zero attached hydrogens (tertiary/aromatic N) is 4. The van der Waals surface area contributed by atoms with E-state index in [2.05, 4.69) is 15.4 Å². The van der Waals surface area contributed by atoms with Crippen molar-refractivity contribution in [3.8, 4) is 22.6 Å². The Morgan fingerprint density at radius 2 is 2.12 bits per heavy atom. The van der Waals surface area contributed by atoms with Crippen LogP contribution in [0.3, 0.4) is 0 Å². The van der Waals surface area contributed by atoms with Crippen LogP contribution in [0.2, 0.25) is 0 Å². The molecule has 0 bridgehead atoms. The van der Waals surface area contributed by atoms with Gasteiger partial charge < -0.3 is 15.2 Å². The van der Waals surface area contributed by atoms with Crippen molar-refractivity contribution in [1.82, 2.24) is 19.7 Å². The van der Waals surface area contributed by atoms with Crippen molar-refractivity contribution in [2.45, 2.75) is 6.92 Å². The number of hydrogen-bond acceptors (Lipinski definition) is 7. The molecule has 0 fully saturated rings. The largest absolute Gasteiger partial charge is 0.508 e. The first-order valence-electron chi connectivity index (χ1n) is 7.94. The molecule has 0 aliphatic heterocycles. The van der Waals surface area contributed by atoms with E-state index in [-0.39, 0.29) is 5.75 Å². The molecule has 0 aliphatic carbocycles. The topological polar surface area (TPSA) is 85.1 Å². The zero-order valence-electron chi connectivity index (χ0n) is 14.5. The standard InChI is InChI=1S/C18H17N5O2S/c1-10-16(13-5-4-12(24)6-14(13)25-3)17-15(26-10)8-19-18(22-17)21-11-7-20-23(2)9-11/h4-9,24H,1-3H3,(H,19,21,22). The number of phenols is 1. The summed E-state index contributed by atoms with van der Waals surface area (Å²) in [6.45, 7) is 2.04. The Morgan fingerprint density at radius 3 is 2.85 bits per heavy atom. The molecule has 4 rings (SSSR count). The van der Waals surface area contributed by atoms with Crippen molar-refractivity contribution >= 4 is 33.2 Å². The summed E-state index contributed by atoms with van der Waals surface area (Å²) in [5.74, 6) is 1.27. The minimum Gasteiger partial charge on any atom is -0.508 e. The molecule has 0 aliphatic rings. The van der Waals surface area contributed by atoms with Gasteiger partial charge in [-0.25, -0.2) is 9.97 Å². The minimum atomic E-state index is 0.163. The van der Waals surface area contributed by atoms with E-state index in [1.54, 1.807) is 41.5 Å². The highest BCUT2D eigenvalue weighted by atomic mass is 32.1. The van der Waals surface area contributed by atoms with Crippen molar-refractivity contribution in [1.29, 1.82) is 0 Å². The van der Waals surface area contributed by atoms with E-state index in [0.717, 1.165) is 31.9 Å². The van der Waals surface area contributed by atoms with Gasteiger partial charge in [-0.15, -0.1) is 11.3 Å². The van der Waals surface area contributed by atoms with Crippen LogP contribution in [0, 0.1) is 6.92 Å². The molecule has 0 atom stereocenters. The Bertz CT molecular complexity index is 1100. The summed E-state index contributed by atoms with van der Waals surface area (Å²) in [7, 11) is 3.44. The number of aromatic hydroxyl groups is 1. The van der Waals surface area contributed by atoms with Gasteiger partial charge in [0.25, 0.3) is 0 Å². The van der Waals surface area contributed by atoms with E-state index >= 15 is 0 Å². The predicted molar refractivity (Wildman–Crippen MR) is 102 cm³/mol. The number of thiophene rings is 1. The molecular weight excluding hydrogens is 350 g/mol. The second kappa shape index (κ2) is 6.30. The van der Waals surface area contributed by atoms with Crippen molar-refractivity contribution < 1.29 is 9.84 Å². The van der Waals surface area contributed by atoms with Gasteiger partial charge in [0.15, 0.2) is 0 Å². The zero-order valence-corrected chi connectivity index (χ0v) is 15.3. The molecular formula is C18H17N5O2S. The van der Waals surface area contributed by atoms with Gasteiger partial charge in [0.2, 0.25) is 5.95 Å². The van der Waals surface area contributed by atoms with E-state index in [0.29, 0.717) is 11.7 Å². The van der Waals surface area contributed by atoms with Crippen LogP contribution >= 0.6 is 11.3 Å². The first-order chi connectivity index (χ1) is 12.5. The summed E-state index contributed by atoms with van der Waals surface area (Å²) in [5, 5.41) is 17.0. The SMILES string of the molecule is COc1cc(O)ccc1-c1c(C)sc2cnc(Nc3cnn(C)c3)nc12. The molecule has 8 heteroatoms. The third-order valence-electron chi connectivity index (χ3n) is 4.02.